The fourth-order valence-electron chi connectivity index (χ4n) is 3.36. The molecule has 2 aromatic carbocycles. The van der Waals surface area contributed by atoms with Crippen molar-refractivity contribution in [2.75, 3.05) is 11.9 Å². The zero-order chi connectivity index (χ0) is 15.2. The lowest BCUT2D eigenvalue weighted by Crippen LogP contribution is -2.39. The maximum absolute atomic E-state index is 11.9. The first kappa shape index (κ1) is 12.9. The number of fused-ring (bicyclic) bond motifs is 2. The van der Waals surface area contributed by atoms with Gasteiger partial charge in [-0.2, -0.15) is 0 Å². The number of para-hydroxylation sites is 2. The Hall–Kier alpha value is -2.82. The minimum absolute atomic E-state index is 0.145. The van der Waals surface area contributed by atoms with E-state index in [0.717, 1.165) is 27.7 Å². The van der Waals surface area contributed by atoms with E-state index in [1.807, 2.05) is 54.7 Å². The summed E-state index contributed by atoms with van der Waals surface area (Å²) in [7, 11) is 0. The lowest BCUT2D eigenvalue weighted by Gasteiger charge is -2.20. The number of anilines is 1. The van der Waals surface area contributed by atoms with Crippen LogP contribution in [0.15, 0.2) is 54.7 Å². The molecular formula is C17H15N3O2. The van der Waals surface area contributed by atoms with Crippen molar-refractivity contribution < 1.29 is 4.92 Å². The van der Waals surface area contributed by atoms with Crippen LogP contribution >= 0.6 is 0 Å². The van der Waals surface area contributed by atoms with Crippen LogP contribution in [0.2, 0.25) is 0 Å². The molecule has 0 saturated heterocycles. The second-order valence-corrected chi connectivity index (χ2v) is 5.72. The number of nitrogens with zero attached hydrogens (tertiary/aromatic N) is 1. The van der Waals surface area contributed by atoms with Gasteiger partial charge in [-0.3, -0.25) is 10.1 Å². The molecule has 1 aliphatic heterocycles. The Labute approximate surface area is 127 Å². The number of benzene rings is 2. The molecule has 0 radical (unpaired) electrons. The lowest BCUT2D eigenvalue weighted by molar-refractivity contribution is -0.573. The van der Waals surface area contributed by atoms with E-state index in [1.165, 1.54) is 0 Å². The number of nitrogens with one attached hydrogen (secondary N) is 2. The highest BCUT2D eigenvalue weighted by atomic mass is 16.6. The van der Waals surface area contributed by atoms with Crippen LogP contribution in [0.5, 0.6) is 0 Å². The minimum Gasteiger partial charge on any atom is -0.377 e. The van der Waals surface area contributed by atoms with Crippen LogP contribution in [0.4, 0.5) is 5.69 Å². The standard InChI is InChI=1S/C17H15N3O2/c21-20(22)17(11-19-16-8-4-2-6-14(16)17)9-12-10-18-15-7-3-1-5-13(12)15/h1-8,10,18-19H,9,11H2. The van der Waals surface area contributed by atoms with Crippen LogP contribution in [-0.4, -0.2) is 16.5 Å². The average Bonchev–Trinajstić information content (AvgIpc) is 3.11. The molecule has 110 valence electrons. The Balaban J connectivity index is 1.84. The molecule has 2 N–H and O–H groups in total. The van der Waals surface area contributed by atoms with Crippen molar-refractivity contribution in [1.82, 2.24) is 4.98 Å². The Morgan fingerprint density at radius 2 is 1.91 bits per heavy atom. The first-order valence-electron chi connectivity index (χ1n) is 7.24. The summed E-state index contributed by atoms with van der Waals surface area (Å²) in [6, 6.07) is 15.4. The van der Waals surface area contributed by atoms with Crippen LogP contribution in [-0.2, 0) is 12.0 Å². The van der Waals surface area contributed by atoms with Crippen LogP contribution < -0.4 is 5.32 Å². The molecule has 0 spiro atoms. The summed E-state index contributed by atoms with van der Waals surface area (Å²) in [6.45, 7) is 0.318. The van der Waals surface area contributed by atoms with Crippen LogP contribution in [0.3, 0.4) is 0 Å². The molecule has 4 rings (SSSR count). The molecular weight excluding hydrogens is 278 g/mol. The van der Waals surface area contributed by atoms with Crippen molar-refractivity contribution in [3.63, 3.8) is 0 Å². The molecule has 1 atom stereocenters. The first-order valence-corrected chi connectivity index (χ1v) is 7.24. The molecule has 5 heteroatoms. The fourth-order valence-corrected chi connectivity index (χ4v) is 3.36. The number of rotatable bonds is 3. The molecule has 0 fully saturated rings. The highest BCUT2D eigenvalue weighted by Crippen LogP contribution is 2.40. The smallest absolute Gasteiger partial charge is 0.269 e. The van der Waals surface area contributed by atoms with Gasteiger partial charge < -0.3 is 10.3 Å². The number of aromatic nitrogens is 1. The maximum Gasteiger partial charge on any atom is 0.269 e. The van der Waals surface area contributed by atoms with Gasteiger partial charge in [-0.25, -0.2) is 0 Å². The number of nitro groups is 1. The Kier molecular flexibility index (Phi) is 2.69. The normalized spacial score (nSPS) is 19.8. The van der Waals surface area contributed by atoms with Gasteiger partial charge in [0.1, 0.15) is 0 Å². The molecule has 0 amide bonds. The van der Waals surface area contributed by atoms with E-state index >= 15 is 0 Å². The second-order valence-electron chi connectivity index (χ2n) is 5.72. The molecule has 0 bridgehead atoms. The molecule has 0 saturated carbocycles. The molecule has 0 aliphatic carbocycles. The zero-order valence-corrected chi connectivity index (χ0v) is 11.9. The van der Waals surface area contributed by atoms with E-state index in [0.29, 0.717) is 13.0 Å². The Morgan fingerprint density at radius 1 is 1.14 bits per heavy atom. The second kappa shape index (κ2) is 4.59. The van der Waals surface area contributed by atoms with Crippen LogP contribution in [0, 0.1) is 10.1 Å². The molecule has 22 heavy (non-hydrogen) atoms. The number of aromatic amines is 1. The summed E-state index contributed by atoms with van der Waals surface area (Å²) in [4.78, 5) is 15.0. The summed E-state index contributed by atoms with van der Waals surface area (Å²) >= 11 is 0. The summed E-state index contributed by atoms with van der Waals surface area (Å²) in [6.07, 6.45) is 2.25. The summed E-state index contributed by atoms with van der Waals surface area (Å²) in [5.74, 6) is 0. The number of H-pyrrole nitrogens is 1. The number of hydrogen-bond acceptors (Lipinski definition) is 3. The first-order chi connectivity index (χ1) is 10.7. The molecule has 2 heterocycles. The summed E-state index contributed by atoms with van der Waals surface area (Å²) in [5.41, 5.74) is 2.51. The van der Waals surface area contributed by atoms with Gasteiger partial charge in [0.05, 0.1) is 18.5 Å². The van der Waals surface area contributed by atoms with E-state index in [1.54, 1.807) is 0 Å². The highest BCUT2D eigenvalue weighted by Gasteiger charge is 2.50. The van der Waals surface area contributed by atoms with Gasteiger partial charge in [0.2, 0.25) is 0 Å². The van der Waals surface area contributed by atoms with Gasteiger partial charge in [-0.1, -0.05) is 30.3 Å². The van der Waals surface area contributed by atoms with E-state index < -0.39 is 5.54 Å². The maximum atomic E-state index is 11.9. The van der Waals surface area contributed by atoms with Crippen molar-refractivity contribution in [3.05, 3.63) is 76.0 Å². The average molecular weight is 293 g/mol. The zero-order valence-electron chi connectivity index (χ0n) is 11.9. The van der Waals surface area contributed by atoms with Crippen LogP contribution in [0.1, 0.15) is 11.1 Å². The Morgan fingerprint density at radius 3 is 2.77 bits per heavy atom. The van der Waals surface area contributed by atoms with E-state index in [2.05, 4.69) is 10.3 Å². The third-order valence-corrected chi connectivity index (χ3v) is 4.51. The fraction of sp³-hybridized carbons (Fsp3) is 0.176. The largest absolute Gasteiger partial charge is 0.377 e. The van der Waals surface area contributed by atoms with Gasteiger partial charge in [0.25, 0.3) is 5.54 Å². The van der Waals surface area contributed by atoms with Gasteiger partial charge >= 0.3 is 0 Å². The van der Waals surface area contributed by atoms with E-state index in [9.17, 15) is 10.1 Å². The third kappa shape index (κ3) is 1.72. The van der Waals surface area contributed by atoms with Gasteiger partial charge in [-0.05, 0) is 23.8 Å². The summed E-state index contributed by atoms with van der Waals surface area (Å²) < 4.78 is 0. The third-order valence-electron chi connectivity index (χ3n) is 4.51. The lowest BCUT2D eigenvalue weighted by atomic mass is 9.86. The predicted molar refractivity (Wildman–Crippen MR) is 85.6 cm³/mol. The molecule has 1 aliphatic rings. The van der Waals surface area contributed by atoms with Crippen molar-refractivity contribution in [1.29, 1.82) is 0 Å². The highest BCUT2D eigenvalue weighted by molar-refractivity contribution is 5.83. The van der Waals surface area contributed by atoms with Crippen molar-refractivity contribution in [2.45, 2.75) is 12.0 Å². The molecule has 1 aromatic heterocycles. The molecule has 5 nitrogen and oxygen atoms in total. The quantitative estimate of drug-likeness (QED) is 0.575. The topological polar surface area (TPSA) is 71.0 Å². The minimum atomic E-state index is -1.11. The monoisotopic (exact) mass is 293 g/mol. The van der Waals surface area contributed by atoms with Crippen molar-refractivity contribution >= 4 is 16.6 Å². The van der Waals surface area contributed by atoms with Gasteiger partial charge in [0, 0.05) is 27.7 Å². The van der Waals surface area contributed by atoms with E-state index in [-0.39, 0.29) is 4.92 Å². The Bertz CT molecular complexity index is 871. The predicted octanol–water partition coefficient (Wildman–Crippen LogP) is 3.31. The van der Waals surface area contributed by atoms with E-state index in [4.69, 9.17) is 0 Å². The van der Waals surface area contributed by atoms with Crippen molar-refractivity contribution in [2.24, 2.45) is 0 Å². The SMILES string of the molecule is O=[N+]([O-])C1(Cc2c[nH]c3ccccc23)CNc2ccccc21. The van der Waals surface area contributed by atoms with Gasteiger partial charge in [0.15, 0.2) is 0 Å². The van der Waals surface area contributed by atoms with Crippen molar-refractivity contribution in [3.8, 4) is 0 Å². The number of hydrogen-bond donors (Lipinski definition) is 2. The van der Waals surface area contributed by atoms with Crippen LogP contribution in [0.25, 0.3) is 10.9 Å². The molecule has 3 aromatic rings. The molecule has 1 unspecified atom stereocenters. The van der Waals surface area contributed by atoms with Gasteiger partial charge in [-0.15, -0.1) is 0 Å². The summed E-state index contributed by atoms with van der Waals surface area (Å²) in [5, 5.41) is 16.1.